The summed E-state index contributed by atoms with van der Waals surface area (Å²) in [7, 11) is -2.42. The molecule has 3 aromatic carbocycles. The highest BCUT2D eigenvalue weighted by Crippen LogP contribution is 2.25. The smallest absolute Gasteiger partial charge is 0.264 e. The van der Waals surface area contributed by atoms with Crippen LogP contribution >= 0.6 is 0 Å². The number of benzene rings is 3. The molecule has 0 heterocycles. The minimum atomic E-state index is -3.95. The summed E-state index contributed by atoms with van der Waals surface area (Å²) >= 11 is 0. The molecule has 1 amide bonds. The quantitative estimate of drug-likeness (QED) is 0.475. The molecule has 0 saturated carbocycles. The van der Waals surface area contributed by atoms with Gasteiger partial charge in [-0.3, -0.25) is 9.10 Å². The Bertz CT molecular complexity index is 1130. The summed E-state index contributed by atoms with van der Waals surface area (Å²) in [5.74, 6) is 0.894. The van der Waals surface area contributed by atoms with Crippen LogP contribution in [0, 0.1) is 6.92 Å². The Kier molecular flexibility index (Phi) is 7.72. The molecule has 3 rings (SSSR count). The van der Waals surface area contributed by atoms with Gasteiger partial charge >= 0.3 is 0 Å². The zero-order valence-electron chi connectivity index (χ0n) is 18.0. The fraction of sp³-hybridized carbons (Fsp3) is 0.208. The second-order valence-corrected chi connectivity index (χ2v) is 8.85. The maximum atomic E-state index is 13.3. The molecule has 0 atom stereocenters. The van der Waals surface area contributed by atoms with Crippen molar-refractivity contribution in [2.75, 3.05) is 31.1 Å². The third-order valence-electron chi connectivity index (χ3n) is 4.75. The molecule has 0 spiro atoms. The predicted octanol–water partition coefficient (Wildman–Crippen LogP) is 3.39. The third kappa shape index (κ3) is 5.79. The fourth-order valence-corrected chi connectivity index (χ4v) is 4.48. The maximum Gasteiger partial charge on any atom is 0.264 e. The summed E-state index contributed by atoms with van der Waals surface area (Å²) in [6.07, 6.45) is 0. The largest absolute Gasteiger partial charge is 0.497 e. The van der Waals surface area contributed by atoms with Crippen LogP contribution in [0.2, 0.25) is 0 Å². The van der Waals surface area contributed by atoms with Crippen molar-refractivity contribution < 1.29 is 22.7 Å². The topological polar surface area (TPSA) is 84.9 Å². The first-order valence-corrected chi connectivity index (χ1v) is 11.5. The molecule has 0 aliphatic heterocycles. The molecule has 1 N–H and O–H groups in total. The Morgan fingerprint density at radius 2 is 1.59 bits per heavy atom. The monoisotopic (exact) mass is 454 g/mol. The molecule has 3 aromatic rings. The molecule has 0 aliphatic rings. The van der Waals surface area contributed by atoms with E-state index >= 15 is 0 Å². The molecule has 7 nitrogen and oxygen atoms in total. The SMILES string of the molecule is COc1ccc(N(CC(=O)NCCOc2ccccc2C)S(=O)(=O)c2ccccc2)cc1. The van der Waals surface area contributed by atoms with Crippen LogP contribution in [0.1, 0.15) is 5.56 Å². The first-order chi connectivity index (χ1) is 15.4. The van der Waals surface area contributed by atoms with E-state index < -0.39 is 15.9 Å². The van der Waals surface area contributed by atoms with Gasteiger partial charge in [0.1, 0.15) is 24.7 Å². The van der Waals surface area contributed by atoms with Gasteiger partial charge in [-0.25, -0.2) is 8.42 Å². The number of rotatable bonds is 10. The van der Waals surface area contributed by atoms with Crippen LogP contribution in [0.15, 0.2) is 83.8 Å². The van der Waals surface area contributed by atoms with Crippen molar-refractivity contribution in [2.45, 2.75) is 11.8 Å². The first-order valence-electron chi connectivity index (χ1n) is 10.1. The van der Waals surface area contributed by atoms with E-state index in [-0.39, 0.29) is 24.6 Å². The van der Waals surface area contributed by atoms with Gasteiger partial charge in [0.05, 0.1) is 24.2 Å². The summed E-state index contributed by atoms with van der Waals surface area (Å²) in [4.78, 5) is 12.7. The van der Waals surface area contributed by atoms with Gasteiger partial charge in [-0.2, -0.15) is 0 Å². The molecule has 0 radical (unpaired) electrons. The van der Waals surface area contributed by atoms with Crippen molar-refractivity contribution in [1.82, 2.24) is 5.32 Å². The van der Waals surface area contributed by atoms with Gasteiger partial charge in [0.15, 0.2) is 0 Å². The van der Waals surface area contributed by atoms with Crippen molar-refractivity contribution in [1.29, 1.82) is 0 Å². The molecule has 8 heteroatoms. The average molecular weight is 455 g/mol. The van der Waals surface area contributed by atoms with Crippen LogP contribution in [0.3, 0.4) is 0 Å². The lowest BCUT2D eigenvalue weighted by Crippen LogP contribution is -2.41. The number of methoxy groups -OCH3 is 1. The molecule has 0 aliphatic carbocycles. The number of nitrogens with one attached hydrogen (secondary N) is 1. The number of aryl methyl sites for hydroxylation is 1. The highest BCUT2D eigenvalue weighted by molar-refractivity contribution is 7.92. The van der Waals surface area contributed by atoms with Crippen molar-refractivity contribution in [3.63, 3.8) is 0 Å². The minimum absolute atomic E-state index is 0.103. The summed E-state index contributed by atoms with van der Waals surface area (Å²) in [5.41, 5.74) is 1.36. The molecule has 0 aromatic heterocycles. The number of anilines is 1. The minimum Gasteiger partial charge on any atom is -0.497 e. The maximum absolute atomic E-state index is 13.3. The Morgan fingerprint density at radius 3 is 2.25 bits per heavy atom. The van der Waals surface area contributed by atoms with Crippen molar-refractivity contribution >= 4 is 21.6 Å². The first kappa shape index (κ1) is 23.1. The summed E-state index contributed by atoms with van der Waals surface area (Å²) in [6.45, 7) is 2.09. The zero-order chi connectivity index (χ0) is 23.0. The lowest BCUT2D eigenvalue weighted by molar-refractivity contribution is -0.119. The number of nitrogens with zero attached hydrogens (tertiary/aromatic N) is 1. The van der Waals surface area contributed by atoms with Crippen LogP contribution < -0.4 is 19.1 Å². The second kappa shape index (κ2) is 10.7. The van der Waals surface area contributed by atoms with Crippen LogP contribution in [-0.2, 0) is 14.8 Å². The Balaban J connectivity index is 1.70. The lowest BCUT2D eigenvalue weighted by Gasteiger charge is -2.24. The molecule has 0 bridgehead atoms. The highest BCUT2D eigenvalue weighted by atomic mass is 32.2. The van der Waals surface area contributed by atoms with E-state index in [4.69, 9.17) is 9.47 Å². The zero-order valence-corrected chi connectivity index (χ0v) is 18.8. The summed E-state index contributed by atoms with van der Waals surface area (Å²) < 4.78 is 38.4. The van der Waals surface area contributed by atoms with Crippen LogP contribution in [0.5, 0.6) is 11.5 Å². The van der Waals surface area contributed by atoms with Crippen LogP contribution in [0.4, 0.5) is 5.69 Å². The van der Waals surface area contributed by atoms with Gasteiger partial charge < -0.3 is 14.8 Å². The van der Waals surface area contributed by atoms with Crippen molar-refractivity contribution in [3.8, 4) is 11.5 Å². The number of carbonyl (C=O) groups is 1. The lowest BCUT2D eigenvalue weighted by atomic mass is 10.2. The second-order valence-electron chi connectivity index (χ2n) is 6.99. The van der Waals surface area contributed by atoms with Gasteiger partial charge in [0.25, 0.3) is 10.0 Å². The molecule has 168 valence electrons. The van der Waals surface area contributed by atoms with E-state index in [1.165, 1.54) is 19.2 Å². The van der Waals surface area contributed by atoms with E-state index in [0.29, 0.717) is 11.4 Å². The number of ether oxygens (including phenoxy) is 2. The van der Waals surface area contributed by atoms with Gasteiger partial charge in [-0.15, -0.1) is 0 Å². The van der Waals surface area contributed by atoms with Gasteiger partial charge in [0.2, 0.25) is 5.91 Å². The van der Waals surface area contributed by atoms with E-state index in [9.17, 15) is 13.2 Å². The van der Waals surface area contributed by atoms with Crippen molar-refractivity contribution in [2.24, 2.45) is 0 Å². The predicted molar refractivity (Wildman–Crippen MR) is 124 cm³/mol. The van der Waals surface area contributed by atoms with Crippen LogP contribution in [0.25, 0.3) is 0 Å². The molecular formula is C24H26N2O5S. The van der Waals surface area contributed by atoms with E-state index in [1.54, 1.807) is 42.5 Å². The third-order valence-corrected chi connectivity index (χ3v) is 6.54. The van der Waals surface area contributed by atoms with Gasteiger partial charge in [0, 0.05) is 0 Å². The number of hydrogen-bond acceptors (Lipinski definition) is 5. The Labute approximate surface area is 188 Å². The molecular weight excluding hydrogens is 428 g/mol. The van der Waals surface area contributed by atoms with Gasteiger partial charge in [-0.1, -0.05) is 36.4 Å². The summed E-state index contributed by atoms with van der Waals surface area (Å²) in [5, 5.41) is 2.72. The number of amides is 1. The fourth-order valence-electron chi connectivity index (χ4n) is 3.04. The number of sulfonamides is 1. The van der Waals surface area contributed by atoms with E-state index in [1.807, 2.05) is 31.2 Å². The highest BCUT2D eigenvalue weighted by Gasteiger charge is 2.27. The normalized spacial score (nSPS) is 10.9. The molecule has 32 heavy (non-hydrogen) atoms. The molecule has 0 unspecified atom stereocenters. The van der Waals surface area contributed by atoms with E-state index in [0.717, 1.165) is 15.6 Å². The molecule has 0 saturated heterocycles. The number of hydrogen-bond donors (Lipinski definition) is 1. The number of carbonyl (C=O) groups excluding carboxylic acids is 1. The standard InChI is InChI=1S/C24H26N2O5S/c1-19-8-6-7-11-23(19)31-17-16-25-24(27)18-26(20-12-14-21(30-2)15-13-20)32(28,29)22-9-4-3-5-10-22/h3-15H,16-18H2,1-2H3,(H,25,27). The Morgan fingerprint density at radius 1 is 0.938 bits per heavy atom. The Hall–Kier alpha value is -3.52. The van der Waals surface area contributed by atoms with Crippen LogP contribution in [-0.4, -0.2) is 41.1 Å². The molecule has 0 fully saturated rings. The van der Waals surface area contributed by atoms with Gasteiger partial charge in [-0.05, 0) is 55.0 Å². The average Bonchev–Trinajstić information content (AvgIpc) is 2.82. The number of para-hydroxylation sites is 1. The van der Waals surface area contributed by atoms with Crippen molar-refractivity contribution in [3.05, 3.63) is 84.4 Å². The summed E-state index contributed by atoms with van der Waals surface area (Å²) in [6, 6.07) is 22.1. The van der Waals surface area contributed by atoms with E-state index in [2.05, 4.69) is 5.32 Å².